The maximum absolute atomic E-state index is 11.4. The van der Waals surface area contributed by atoms with Crippen LogP contribution in [-0.2, 0) is 6.54 Å². The number of fused-ring (bicyclic) bond motifs is 1. The number of aromatic nitrogens is 4. The minimum atomic E-state index is -0.319. The molecule has 74 valence electrons. The highest BCUT2D eigenvalue weighted by molar-refractivity contribution is 9.10. The molecule has 0 saturated carbocycles. The third-order valence-electron chi connectivity index (χ3n) is 1.89. The van der Waals surface area contributed by atoms with Crippen molar-refractivity contribution in [3.63, 3.8) is 0 Å². The maximum atomic E-state index is 11.4. The van der Waals surface area contributed by atoms with Crippen molar-refractivity contribution < 1.29 is 0 Å². The Morgan fingerprint density at radius 3 is 2.93 bits per heavy atom. The van der Waals surface area contributed by atoms with Gasteiger partial charge in [-0.1, -0.05) is 0 Å². The van der Waals surface area contributed by atoms with Gasteiger partial charge in [0.05, 0.1) is 0 Å². The van der Waals surface area contributed by atoms with Crippen LogP contribution in [-0.4, -0.2) is 19.5 Å². The summed E-state index contributed by atoms with van der Waals surface area (Å²) in [7, 11) is 0. The molecule has 14 heavy (non-hydrogen) atoms. The molecule has 2 rings (SSSR count). The number of nitrogens with zero attached hydrogens (tertiary/aromatic N) is 3. The lowest BCUT2D eigenvalue weighted by Crippen LogP contribution is -2.12. The summed E-state index contributed by atoms with van der Waals surface area (Å²) in [5, 5.41) is 0. The lowest BCUT2D eigenvalue weighted by atomic mass is 10.5. The molecule has 6 nitrogen and oxygen atoms in total. The van der Waals surface area contributed by atoms with Crippen LogP contribution in [0.2, 0.25) is 0 Å². The van der Waals surface area contributed by atoms with E-state index in [0.717, 1.165) is 0 Å². The summed E-state index contributed by atoms with van der Waals surface area (Å²) >= 11 is 3.25. The monoisotopic (exact) mass is 257 g/mol. The van der Waals surface area contributed by atoms with E-state index in [4.69, 9.17) is 5.73 Å². The van der Waals surface area contributed by atoms with Gasteiger partial charge in [0.25, 0.3) is 5.56 Å². The largest absolute Gasteiger partial charge is 0.369 e. The van der Waals surface area contributed by atoms with Crippen LogP contribution in [0.5, 0.6) is 0 Å². The molecule has 2 aromatic rings. The number of nitrogen functional groups attached to an aromatic ring is 1. The van der Waals surface area contributed by atoms with E-state index in [1.54, 1.807) is 4.57 Å². The average molecular weight is 258 g/mol. The van der Waals surface area contributed by atoms with Crippen LogP contribution >= 0.6 is 15.9 Å². The SMILES string of the molecule is CCn1c(Br)nc2c(=O)[nH]c(N)nc21. The van der Waals surface area contributed by atoms with Crippen LogP contribution in [0, 0.1) is 0 Å². The summed E-state index contributed by atoms with van der Waals surface area (Å²) in [5.41, 5.74) is 5.91. The van der Waals surface area contributed by atoms with Crippen molar-refractivity contribution in [2.75, 3.05) is 5.73 Å². The molecule has 0 unspecified atom stereocenters. The highest BCUT2D eigenvalue weighted by Crippen LogP contribution is 2.15. The third kappa shape index (κ3) is 1.20. The van der Waals surface area contributed by atoms with E-state index in [2.05, 4.69) is 30.9 Å². The topological polar surface area (TPSA) is 89.6 Å². The molecular formula is C7H8BrN5O. The molecule has 0 aliphatic heterocycles. The minimum Gasteiger partial charge on any atom is -0.369 e. The Bertz CT molecular complexity index is 543. The number of aromatic amines is 1. The van der Waals surface area contributed by atoms with E-state index in [0.29, 0.717) is 22.4 Å². The Kier molecular flexibility index (Phi) is 2.03. The van der Waals surface area contributed by atoms with Crippen LogP contribution in [0.25, 0.3) is 11.2 Å². The third-order valence-corrected chi connectivity index (χ3v) is 2.50. The molecule has 2 aromatic heterocycles. The molecule has 0 bridgehead atoms. The van der Waals surface area contributed by atoms with Crippen LogP contribution in [0.15, 0.2) is 9.53 Å². The van der Waals surface area contributed by atoms with Gasteiger partial charge in [-0.15, -0.1) is 0 Å². The van der Waals surface area contributed by atoms with Crippen LogP contribution < -0.4 is 11.3 Å². The van der Waals surface area contributed by atoms with Crippen molar-refractivity contribution >= 4 is 33.0 Å². The summed E-state index contributed by atoms with van der Waals surface area (Å²) in [6.45, 7) is 2.61. The first-order chi connectivity index (χ1) is 6.63. The number of hydrogen-bond acceptors (Lipinski definition) is 4. The van der Waals surface area contributed by atoms with Crippen LogP contribution in [0.4, 0.5) is 5.95 Å². The zero-order valence-electron chi connectivity index (χ0n) is 7.41. The Hall–Kier alpha value is -1.37. The molecular weight excluding hydrogens is 250 g/mol. The van der Waals surface area contributed by atoms with Crippen molar-refractivity contribution in [2.45, 2.75) is 13.5 Å². The van der Waals surface area contributed by atoms with Gasteiger partial charge in [0.2, 0.25) is 5.95 Å². The summed E-state index contributed by atoms with van der Waals surface area (Å²) < 4.78 is 2.35. The molecule has 0 aromatic carbocycles. The summed E-state index contributed by atoms with van der Waals surface area (Å²) in [5.74, 6) is 0.101. The molecule has 0 saturated heterocycles. The molecule has 0 aliphatic rings. The molecule has 0 fully saturated rings. The Morgan fingerprint density at radius 1 is 1.57 bits per heavy atom. The molecule has 0 aliphatic carbocycles. The van der Waals surface area contributed by atoms with Gasteiger partial charge >= 0.3 is 0 Å². The average Bonchev–Trinajstić information content (AvgIpc) is 2.41. The van der Waals surface area contributed by atoms with Crippen molar-refractivity contribution in [1.29, 1.82) is 0 Å². The van der Waals surface area contributed by atoms with E-state index in [1.807, 2.05) is 6.92 Å². The van der Waals surface area contributed by atoms with Gasteiger partial charge < -0.3 is 10.3 Å². The van der Waals surface area contributed by atoms with E-state index in [-0.39, 0.29) is 11.5 Å². The molecule has 3 N–H and O–H groups in total. The number of imidazole rings is 1. The van der Waals surface area contributed by atoms with Gasteiger partial charge in [-0.25, -0.2) is 4.98 Å². The van der Waals surface area contributed by atoms with Gasteiger partial charge in [0.15, 0.2) is 15.9 Å². The Morgan fingerprint density at radius 2 is 2.29 bits per heavy atom. The maximum Gasteiger partial charge on any atom is 0.280 e. The highest BCUT2D eigenvalue weighted by atomic mass is 79.9. The van der Waals surface area contributed by atoms with Gasteiger partial charge in [-0.3, -0.25) is 9.78 Å². The Balaban J connectivity index is 2.95. The Labute approximate surface area is 87.3 Å². The first-order valence-corrected chi connectivity index (χ1v) is 4.84. The first kappa shape index (κ1) is 9.20. The molecule has 2 heterocycles. The van der Waals surface area contributed by atoms with Crippen LogP contribution in [0.3, 0.4) is 0 Å². The van der Waals surface area contributed by atoms with Crippen molar-refractivity contribution in [2.24, 2.45) is 0 Å². The van der Waals surface area contributed by atoms with Gasteiger partial charge in [0.1, 0.15) is 0 Å². The normalized spacial score (nSPS) is 11.0. The molecule has 0 spiro atoms. The predicted octanol–water partition coefficient (Wildman–Crippen LogP) is 0.484. The highest BCUT2D eigenvalue weighted by Gasteiger charge is 2.11. The zero-order valence-corrected chi connectivity index (χ0v) is 9.00. The summed E-state index contributed by atoms with van der Waals surface area (Å²) in [4.78, 5) is 21.9. The fourth-order valence-electron chi connectivity index (χ4n) is 1.28. The molecule has 0 amide bonds. The second-order valence-electron chi connectivity index (χ2n) is 2.75. The van der Waals surface area contributed by atoms with Gasteiger partial charge in [0, 0.05) is 6.54 Å². The molecule has 0 radical (unpaired) electrons. The lowest BCUT2D eigenvalue weighted by molar-refractivity contribution is 0.757. The second-order valence-corrected chi connectivity index (χ2v) is 3.46. The number of halogens is 1. The van der Waals surface area contributed by atoms with E-state index in [9.17, 15) is 4.79 Å². The number of H-pyrrole nitrogens is 1. The molecule has 0 atom stereocenters. The fourth-order valence-corrected chi connectivity index (χ4v) is 1.88. The van der Waals surface area contributed by atoms with E-state index in [1.165, 1.54) is 0 Å². The predicted molar refractivity (Wildman–Crippen MR) is 55.9 cm³/mol. The zero-order chi connectivity index (χ0) is 10.3. The summed E-state index contributed by atoms with van der Waals surface area (Å²) in [6.07, 6.45) is 0. The van der Waals surface area contributed by atoms with Crippen molar-refractivity contribution in [3.8, 4) is 0 Å². The molecule has 7 heteroatoms. The first-order valence-electron chi connectivity index (χ1n) is 4.05. The number of aryl methyl sites for hydroxylation is 1. The number of anilines is 1. The minimum absolute atomic E-state index is 0.101. The van der Waals surface area contributed by atoms with Gasteiger partial charge in [-0.05, 0) is 22.9 Å². The quantitative estimate of drug-likeness (QED) is 0.728. The summed E-state index contributed by atoms with van der Waals surface area (Å²) in [6, 6.07) is 0. The van der Waals surface area contributed by atoms with Crippen molar-refractivity contribution in [3.05, 3.63) is 15.1 Å². The number of rotatable bonds is 1. The van der Waals surface area contributed by atoms with Crippen LogP contribution in [0.1, 0.15) is 6.92 Å². The number of nitrogens with two attached hydrogens (primary N) is 1. The lowest BCUT2D eigenvalue weighted by Gasteiger charge is -1.99. The van der Waals surface area contributed by atoms with E-state index < -0.39 is 0 Å². The van der Waals surface area contributed by atoms with E-state index >= 15 is 0 Å². The second kappa shape index (κ2) is 3.09. The number of hydrogen-bond donors (Lipinski definition) is 2. The van der Waals surface area contributed by atoms with Gasteiger partial charge in [-0.2, -0.15) is 4.98 Å². The number of nitrogens with one attached hydrogen (secondary N) is 1. The standard InChI is InChI=1S/C7H8BrN5O/c1-2-13-4-3(10-6(13)8)5(14)12-7(9)11-4/h2H2,1H3,(H3,9,11,12,14). The fraction of sp³-hybridized carbons (Fsp3) is 0.286. The smallest absolute Gasteiger partial charge is 0.280 e. The van der Waals surface area contributed by atoms with Crippen molar-refractivity contribution in [1.82, 2.24) is 19.5 Å².